The van der Waals surface area contributed by atoms with E-state index in [1.165, 1.54) is 5.56 Å². The van der Waals surface area contributed by atoms with Crippen LogP contribution in [0, 0.1) is 6.92 Å². The van der Waals surface area contributed by atoms with Gasteiger partial charge in [0.25, 0.3) is 5.91 Å². The van der Waals surface area contributed by atoms with Gasteiger partial charge in [0, 0.05) is 18.3 Å². The van der Waals surface area contributed by atoms with Crippen molar-refractivity contribution in [3.63, 3.8) is 0 Å². The summed E-state index contributed by atoms with van der Waals surface area (Å²) < 4.78 is 0. The fourth-order valence-electron chi connectivity index (χ4n) is 2.47. The van der Waals surface area contributed by atoms with Crippen LogP contribution in [0.15, 0.2) is 36.5 Å². The number of carbonyl (C=O) groups excluding carboxylic acids is 1. The highest BCUT2D eigenvalue weighted by Crippen LogP contribution is 2.19. The third-order valence-corrected chi connectivity index (χ3v) is 3.54. The molecule has 102 valence electrons. The minimum absolute atomic E-state index is 0.0832. The maximum atomic E-state index is 12.4. The second-order valence-electron chi connectivity index (χ2n) is 5.04. The van der Waals surface area contributed by atoms with Crippen LogP contribution in [0.3, 0.4) is 0 Å². The van der Waals surface area contributed by atoms with Crippen molar-refractivity contribution in [1.82, 2.24) is 10.3 Å². The number of hydrogen-bond donors (Lipinski definition) is 2. The standard InChI is InChI=1S/C16H17N3O/c1-11-5-6-15(18-9-11)19-16(20)14-4-2-3-12-10-17-8-7-13(12)14/h2-6,9,17H,7-8,10H2,1H3,(H,18,19,20). The molecule has 0 unspecified atom stereocenters. The summed E-state index contributed by atoms with van der Waals surface area (Å²) >= 11 is 0. The number of fused-ring (bicyclic) bond motifs is 1. The summed E-state index contributed by atoms with van der Waals surface area (Å²) in [6.45, 7) is 3.72. The summed E-state index contributed by atoms with van der Waals surface area (Å²) in [6, 6.07) is 9.65. The van der Waals surface area contributed by atoms with Crippen LogP contribution in [-0.4, -0.2) is 17.4 Å². The van der Waals surface area contributed by atoms with Crippen molar-refractivity contribution in [2.75, 3.05) is 11.9 Å². The molecule has 0 saturated heterocycles. The molecule has 0 atom stereocenters. The smallest absolute Gasteiger partial charge is 0.257 e. The number of anilines is 1. The Morgan fingerprint density at radius 3 is 3.00 bits per heavy atom. The summed E-state index contributed by atoms with van der Waals surface area (Å²) in [6.07, 6.45) is 2.64. The summed E-state index contributed by atoms with van der Waals surface area (Å²) in [5.41, 5.74) is 4.19. The van der Waals surface area contributed by atoms with Gasteiger partial charge in [-0.1, -0.05) is 18.2 Å². The Labute approximate surface area is 118 Å². The van der Waals surface area contributed by atoms with Crippen LogP contribution in [0.2, 0.25) is 0 Å². The van der Waals surface area contributed by atoms with E-state index in [0.29, 0.717) is 5.82 Å². The van der Waals surface area contributed by atoms with Gasteiger partial charge in [0.2, 0.25) is 0 Å². The summed E-state index contributed by atoms with van der Waals surface area (Å²) in [4.78, 5) is 16.6. The summed E-state index contributed by atoms with van der Waals surface area (Å²) in [5.74, 6) is 0.507. The van der Waals surface area contributed by atoms with E-state index in [-0.39, 0.29) is 5.91 Å². The van der Waals surface area contributed by atoms with E-state index in [9.17, 15) is 4.79 Å². The minimum atomic E-state index is -0.0832. The molecule has 1 aliphatic rings. The number of hydrogen-bond acceptors (Lipinski definition) is 3. The number of rotatable bonds is 2. The molecule has 1 aromatic heterocycles. The van der Waals surface area contributed by atoms with Gasteiger partial charge < -0.3 is 10.6 Å². The first-order valence-corrected chi connectivity index (χ1v) is 6.79. The number of carbonyl (C=O) groups is 1. The van der Waals surface area contributed by atoms with Crippen LogP contribution in [0.25, 0.3) is 0 Å². The van der Waals surface area contributed by atoms with Gasteiger partial charge in [-0.2, -0.15) is 0 Å². The first kappa shape index (κ1) is 12.8. The summed E-state index contributed by atoms with van der Waals surface area (Å²) in [7, 11) is 0. The van der Waals surface area contributed by atoms with E-state index >= 15 is 0 Å². The number of amides is 1. The number of aryl methyl sites for hydroxylation is 1. The highest BCUT2D eigenvalue weighted by atomic mass is 16.1. The van der Waals surface area contributed by atoms with Crippen molar-refractivity contribution in [3.05, 3.63) is 58.8 Å². The van der Waals surface area contributed by atoms with Crippen molar-refractivity contribution >= 4 is 11.7 Å². The van der Waals surface area contributed by atoms with Crippen molar-refractivity contribution in [2.45, 2.75) is 19.9 Å². The lowest BCUT2D eigenvalue weighted by Gasteiger charge is -2.19. The maximum Gasteiger partial charge on any atom is 0.257 e. The van der Waals surface area contributed by atoms with Crippen LogP contribution in [-0.2, 0) is 13.0 Å². The van der Waals surface area contributed by atoms with E-state index in [0.717, 1.165) is 36.2 Å². The molecule has 4 nitrogen and oxygen atoms in total. The lowest BCUT2D eigenvalue weighted by Crippen LogP contribution is -2.26. The molecular weight excluding hydrogens is 250 g/mol. The molecule has 20 heavy (non-hydrogen) atoms. The Balaban J connectivity index is 1.85. The maximum absolute atomic E-state index is 12.4. The van der Waals surface area contributed by atoms with Crippen LogP contribution in [0.1, 0.15) is 27.0 Å². The van der Waals surface area contributed by atoms with Crippen LogP contribution in [0.5, 0.6) is 0 Å². The Bertz CT molecular complexity index is 635. The second kappa shape index (κ2) is 5.43. The predicted molar refractivity (Wildman–Crippen MR) is 78.8 cm³/mol. The number of pyridine rings is 1. The Hall–Kier alpha value is -2.20. The highest BCUT2D eigenvalue weighted by Gasteiger charge is 2.17. The predicted octanol–water partition coefficient (Wildman–Crippen LogP) is 2.29. The molecule has 0 radical (unpaired) electrons. The molecule has 0 fully saturated rings. The zero-order chi connectivity index (χ0) is 13.9. The lowest BCUT2D eigenvalue weighted by molar-refractivity contribution is 0.102. The molecule has 2 N–H and O–H groups in total. The average Bonchev–Trinajstić information content (AvgIpc) is 2.49. The number of nitrogens with one attached hydrogen (secondary N) is 2. The Morgan fingerprint density at radius 1 is 1.30 bits per heavy atom. The normalized spacial score (nSPS) is 13.7. The fourth-order valence-corrected chi connectivity index (χ4v) is 2.47. The third kappa shape index (κ3) is 2.56. The second-order valence-corrected chi connectivity index (χ2v) is 5.04. The molecule has 1 amide bonds. The molecule has 0 aliphatic carbocycles. The third-order valence-electron chi connectivity index (χ3n) is 3.54. The van der Waals surface area contributed by atoms with E-state index in [1.54, 1.807) is 6.20 Å². The van der Waals surface area contributed by atoms with Gasteiger partial charge in [0.15, 0.2) is 0 Å². The molecule has 4 heteroatoms. The van der Waals surface area contributed by atoms with Gasteiger partial charge in [-0.05, 0) is 48.7 Å². The zero-order valence-corrected chi connectivity index (χ0v) is 11.4. The molecule has 2 aromatic rings. The number of benzene rings is 1. The van der Waals surface area contributed by atoms with Crippen molar-refractivity contribution < 1.29 is 4.79 Å². The van der Waals surface area contributed by atoms with Gasteiger partial charge in [-0.25, -0.2) is 4.98 Å². The molecular formula is C16H17N3O. The first-order valence-electron chi connectivity index (χ1n) is 6.79. The Morgan fingerprint density at radius 2 is 2.20 bits per heavy atom. The van der Waals surface area contributed by atoms with Gasteiger partial charge in [-0.3, -0.25) is 4.79 Å². The molecule has 2 heterocycles. The van der Waals surface area contributed by atoms with Crippen LogP contribution < -0.4 is 10.6 Å². The lowest BCUT2D eigenvalue weighted by atomic mass is 9.95. The largest absolute Gasteiger partial charge is 0.312 e. The zero-order valence-electron chi connectivity index (χ0n) is 11.4. The molecule has 0 saturated carbocycles. The molecule has 0 bridgehead atoms. The van der Waals surface area contributed by atoms with Crippen molar-refractivity contribution in [2.24, 2.45) is 0 Å². The SMILES string of the molecule is Cc1ccc(NC(=O)c2cccc3c2CCNC3)nc1. The first-order chi connectivity index (χ1) is 9.74. The van der Waals surface area contributed by atoms with Crippen LogP contribution >= 0.6 is 0 Å². The monoisotopic (exact) mass is 267 g/mol. The molecule has 0 spiro atoms. The molecule has 3 rings (SSSR count). The average molecular weight is 267 g/mol. The van der Waals surface area contributed by atoms with E-state index in [4.69, 9.17) is 0 Å². The Kier molecular flexibility index (Phi) is 3.48. The highest BCUT2D eigenvalue weighted by molar-refractivity contribution is 6.05. The number of nitrogens with zero attached hydrogens (tertiary/aromatic N) is 1. The molecule has 1 aliphatic heterocycles. The minimum Gasteiger partial charge on any atom is -0.312 e. The fraction of sp³-hybridized carbons (Fsp3) is 0.250. The molecule has 1 aromatic carbocycles. The summed E-state index contributed by atoms with van der Waals surface area (Å²) in [5, 5.41) is 6.18. The van der Waals surface area contributed by atoms with Gasteiger partial charge in [-0.15, -0.1) is 0 Å². The van der Waals surface area contributed by atoms with Gasteiger partial charge in [0.05, 0.1) is 0 Å². The number of aromatic nitrogens is 1. The van der Waals surface area contributed by atoms with Crippen molar-refractivity contribution in [3.8, 4) is 0 Å². The van der Waals surface area contributed by atoms with E-state index in [2.05, 4.69) is 21.7 Å². The van der Waals surface area contributed by atoms with Crippen LogP contribution in [0.4, 0.5) is 5.82 Å². The van der Waals surface area contributed by atoms with E-state index < -0.39 is 0 Å². The topological polar surface area (TPSA) is 54.0 Å². The van der Waals surface area contributed by atoms with Gasteiger partial charge >= 0.3 is 0 Å². The van der Waals surface area contributed by atoms with E-state index in [1.807, 2.05) is 31.2 Å². The van der Waals surface area contributed by atoms with Crippen molar-refractivity contribution in [1.29, 1.82) is 0 Å². The quantitative estimate of drug-likeness (QED) is 0.877. The van der Waals surface area contributed by atoms with Gasteiger partial charge in [0.1, 0.15) is 5.82 Å².